The van der Waals surface area contributed by atoms with Gasteiger partial charge in [0.1, 0.15) is 5.60 Å². The van der Waals surface area contributed by atoms with Crippen LogP contribution >= 0.6 is 11.8 Å². The van der Waals surface area contributed by atoms with Crippen molar-refractivity contribution in [3.05, 3.63) is 59.8 Å². The average molecular weight is 398 g/mol. The van der Waals surface area contributed by atoms with E-state index in [2.05, 4.69) is 10.3 Å². The van der Waals surface area contributed by atoms with E-state index in [1.807, 2.05) is 47.4 Å². The number of rotatable bonds is 4. The SMILES string of the molecule is O=C1NCC2(CCCN(C(=O)c3ccc(CSc4ccccn4)cc3)CC2)O1. The van der Waals surface area contributed by atoms with E-state index >= 15 is 0 Å². The molecule has 0 saturated carbocycles. The predicted molar refractivity (Wildman–Crippen MR) is 107 cm³/mol. The maximum atomic E-state index is 12.9. The Morgan fingerprint density at radius 3 is 2.75 bits per heavy atom. The van der Waals surface area contributed by atoms with Gasteiger partial charge in [0.05, 0.1) is 11.6 Å². The first kappa shape index (κ1) is 18.8. The smallest absolute Gasteiger partial charge is 0.407 e. The van der Waals surface area contributed by atoms with Crippen molar-refractivity contribution in [1.29, 1.82) is 0 Å². The monoisotopic (exact) mass is 397 g/mol. The lowest BCUT2D eigenvalue weighted by Gasteiger charge is -2.25. The lowest BCUT2D eigenvalue weighted by Crippen LogP contribution is -2.36. The van der Waals surface area contributed by atoms with Crippen LogP contribution in [-0.4, -0.2) is 47.1 Å². The third kappa shape index (κ3) is 4.30. The van der Waals surface area contributed by atoms with Crippen LogP contribution in [0, 0.1) is 0 Å². The molecule has 1 N–H and O–H groups in total. The van der Waals surface area contributed by atoms with Crippen molar-refractivity contribution in [3.8, 4) is 0 Å². The van der Waals surface area contributed by atoms with Crippen molar-refractivity contribution in [3.63, 3.8) is 0 Å². The Bertz CT molecular complexity index is 844. The molecular weight excluding hydrogens is 374 g/mol. The van der Waals surface area contributed by atoms with Gasteiger partial charge in [-0.25, -0.2) is 9.78 Å². The quantitative estimate of drug-likeness (QED) is 0.800. The molecule has 2 aromatic rings. The van der Waals surface area contributed by atoms with Crippen molar-refractivity contribution in [2.24, 2.45) is 0 Å². The van der Waals surface area contributed by atoms with Crippen LogP contribution in [0.15, 0.2) is 53.7 Å². The molecule has 1 spiro atoms. The van der Waals surface area contributed by atoms with E-state index in [1.54, 1.807) is 18.0 Å². The number of ether oxygens (including phenoxy) is 1. The van der Waals surface area contributed by atoms with Crippen LogP contribution in [0.5, 0.6) is 0 Å². The maximum Gasteiger partial charge on any atom is 0.407 e. The standard InChI is InChI=1S/C21H23N3O3S/c25-19(24-12-3-9-21(10-13-24)15-23-20(26)27-21)17-7-5-16(6-8-17)14-28-18-4-1-2-11-22-18/h1-2,4-8,11H,3,9-10,12-15H2,(H,23,26). The molecule has 2 saturated heterocycles. The van der Waals surface area contributed by atoms with Crippen molar-refractivity contribution >= 4 is 23.8 Å². The van der Waals surface area contributed by atoms with Crippen LogP contribution in [0.2, 0.25) is 0 Å². The summed E-state index contributed by atoms with van der Waals surface area (Å²) in [5.74, 6) is 0.856. The van der Waals surface area contributed by atoms with Gasteiger partial charge in [-0.05, 0) is 42.7 Å². The van der Waals surface area contributed by atoms with Gasteiger partial charge in [0.15, 0.2) is 0 Å². The summed E-state index contributed by atoms with van der Waals surface area (Å²) in [6, 6.07) is 13.7. The summed E-state index contributed by atoms with van der Waals surface area (Å²) in [5, 5.41) is 3.73. The lowest BCUT2D eigenvalue weighted by atomic mass is 9.95. The van der Waals surface area contributed by atoms with Crippen molar-refractivity contribution in [2.75, 3.05) is 19.6 Å². The highest BCUT2D eigenvalue weighted by Gasteiger charge is 2.41. The summed E-state index contributed by atoms with van der Waals surface area (Å²) in [6.07, 6.45) is 3.74. The molecule has 0 aliphatic carbocycles. The number of hydrogen-bond acceptors (Lipinski definition) is 5. The Labute approximate surface area is 168 Å². The molecule has 1 atom stereocenters. The van der Waals surface area contributed by atoms with Crippen molar-refractivity contribution in [1.82, 2.24) is 15.2 Å². The molecule has 2 aliphatic rings. The Balaban J connectivity index is 1.35. The van der Waals surface area contributed by atoms with Crippen molar-refractivity contribution < 1.29 is 14.3 Å². The van der Waals surface area contributed by atoms with Gasteiger partial charge in [0.2, 0.25) is 0 Å². The molecule has 2 fully saturated rings. The Morgan fingerprint density at radius 2 is 2.04 bits per heavy atom. The molecule has 1 aromatic carbocycles. The maximum absolute atomic E-state index is 12.9. The zero-order chi connectivity index (χ0) is 19.4. The van der Waals surface area contributed by atoms with Crippen LogP contribution in [0.3, 0.4) is 0 Å². The molecule has 4 rings (SSSR count). The van der Waals surface area contributed by atoms with Gasteiger partial charge in [0.25, 0.3) is 5.91 Å². The highest BCUT2D eigenvalue weighted by Crippen LogP contribution is 2.30. The van der Waals surface area contributed by atoms with Gasteiger partial charge in [-0.2, -0.15) is 0 Å². The van der Waals surface area contributed by atoms with Crippen molar-refractivity contribution in [2.45, 2.75) is 35.6 Å². The minimum atomic E-state index is -0.446. The number of carbonyl (C=O) groups is 2. The number of thioether (sulfide) groups is 1. The van der Waals surface area contributed by atoms with Crippen LogP contribution in [0.25, 0.3) is 0 Å². The van der Waals surface area contributed by atoms with E-state index in [9.17, 15) is 9.59 Å². The number of aromatic nitrogens is 1. The zero-order valence-electron chi connectivity index (χ0n) is 15.6. The second-order valence-corrected chi connectivity index (χ2v) is 8.22. The summed E-state index contributed by atoms with van der Waals surface area (Å²) in [6.45, 7) is 1.83. The molecular formula is C21H23N3O3S. The number of nitrogens with one attached hydrogen (secondary N) is 1. The second-order valence-electron chi connectivity index (χ2n) is 7.23. The van der Waals surface area contributed by atoms with Crippen LogP contribution in [0.4, 0.5) is 4.79 Å². The van der Waals surface area contributed by atoms with Gasteiger partial charge in [-0.3, -0.25) is 4.79 Å². The van der Waals surface area contributed by atoms with E-state index in [1.165, 1.54) is 0 Å². The Kier molecular flexibility index (Phi) is 5.52. The number of nitrogens with zero attached hydrogens (tertiary/aromatic N) is 2. The molecule has 3 heterocycles. The minimum absolute atomic E-state index is 0.0401. The van der Waals surface area contributed by atoms with E-state index in [0.29, 0.717) is 31.6 Å². The van der Waals surface area contributed by atoms with E-state index in [4.69, 9.17) is 4.74 Å². The number of amides is 2. The summed E-state index contributed by atoms with van der Waals surface area (Å²) in [4.78, 5) is 30.5. The number of alkyl carbamates (subject to hydrolysis) is 1. The van der Waals surface area contributed by atoms with E-state index < -0.39 is 5.60 Å². The lowest BCUT2D eigenvalue weighted by molar-refractivity contribution is 0.0438. The molecule has 0 radical (unpaired) electrons. The van der Waals surface area contributed by atoms with Crippen LogP contribution < -0.4 is 5.32 Å². The number of hydrogen-bond donors (Lipinski definition) is 1. The molecule has 7 heteroatoms. The normalized spacial score (nSPS) is 21.9. The molecule has 1 unspecified atom stereocenters. The van der Waals surface area contributed by atoms with Gasteiger partial charge >= 0.3 is 6.09 Å². The topological polar surface area (TPSA) is 71.5 Å². The van der Waals surface area contributed by atoms with Crippen LogP contribution in [-0.2, 0) is 10.5 Å². The first-order valence-electron chi connectivity index (χ1n) is 9.52. The number of benzene rings is 1. The predicted octanol–water partition coefficient (Wildman–Crippen LogP) is 3.48. The number of carbonyl (C=O) groups excluding carboxylic acids is 2. The highest BCUT2D eigenvalue weighted by atomic mass is 32.2. The molecule has 28 heavy (non-hydrogen) atoms. The Hall–Kier alpha value is -2.54. The first-order valence-corrected chi connectivity index (χ1v) is 10.5. The van der Waals surface area contributed by atoms with Gasteiger partial charge in [-0.1, -0.05) is 18.2 Å². The second kappa shape index (κ2) is 8.22. The zero-order valence-corrected chi connectivity index (χ0v) is 16.4. The molecule has 0 bridgehead atoms. The fraction of sp³-hybridized carbons (Fsp3) is 0.381. The average Bonchev–Trinajstić information content (AvgIpc) is 2.97. The molecule has 146 valence electrons. The fourth-order valence-electron chi connectivity index (χ4n) is 3.67. The third-order valence-electron chi connectivity index (χ3n) is 5.27. The van der Waals surface area contributed by atoms with E-state index in [-0.39, 0.29) is 12.0 Å². The molecule has 1 aromatic heterocycles. The number of pyridine rings is 1. The summed E-state index contributed by atoms with van der Waals surface area (Å²) >= 11 is 1.68. The first-order chi connectivity index (χ1) is 13.6. The summed E-state index contributed by atoms with van der Waals surface area (Å²) in [7, 11) is 0. The minimum Gasteiger partial charge on any atom is -0.441 e. The van der Waals surface area contributed by atoms with E-state index in [0.717, 1.165) is 29.2 Å². The fourth-order valence-corrected chi connectivity index (χ4v) is 4.48. The summed E-state index contributed by atoms with van der Waals surface area (Å²) < 4.78 is 5.49. The van der Waals surface area contributed by atoms with Gasteiger partial charge < -0.3 is 15.0 Å². The molecule has 6 nitrogen and oxygen atoms in total. The highest BCUT2D eigenvalue weighted by molar-refractivity contribution is 7.98. The summed E-state index contributed by atoms with van der Waals surface area (Å²) in [5.41, 5.74) is 1.41. The number of likely N-dealkylation sites (tertiary alicyclic amines) is 1. The Morgan fingerprint density at radius 1 is 1.18 bits per heavy atom. The largest absolute Gasteiger partial charge is 0.441 e. The molecule has 2 aliphatic heterocycles. The van der Waals surface area contributed by atoms with Crippen LogP contribution in [0.1, 0.15) is 35.2 Å². The third-order valence-corrected chi connectivity index (χ3v) is 6.29. The van der Waals surface area contributed by atoms with Gasteiger partial charge in [0, 0.05) is 37.0 Å². The molecule has 2 amide bonds. The van der Waals surface area contributed by atoms with Gasteiger partial charge in [-0.15, -0.1) is 11.8 Å².